The molecule has 2 saturated heterocycles. The van der Waals surface area contributed by atoms with Gasteiger partial charge in [-0.2, -0.15) is 0 Å². The molecule has 1 unspecified atom stereocenters. The summed E-state index contributed by atoms with van der Waals surface area (Å²) in [6, 6.07) is 21.0. The van der Waals surface area contributed by atoms with E-state index in [1.54, 1.807) is 6.92 Å². The summed E-state index contributed by atoms with van der Waals surface area (Å²) in [5, 5.41) is 30.9. The first-order valence-corrected chi connectivity index (χ1v) is 18.1. The van der Waals surface area contributed by atoms with Gasteiger partial charge in [0.25, 0.3) is 11.8 Å². The molecule has 2 aromatic carbocycles. The third-order valence-corrected chi connectivity index (χ3v) is 10.1. The molecule has 13 heteroatoms. The number of carbonyl (C=O) groups is 2. The zero-order valence-electron chi connectivity index (χ0n) is 29.6. The van der Waals surface area contributed by atoms with Gasteiger partial charge in [-0.05, 0) is 76.6 Å². The van der Waals surface area contributed by atoms with Crippen molar-refractivity contribution in [2.24, 2.45) is 5.92 Å². The van der Waals surface area contributed by atoms with Crippen LogP contribution < -0.4 is 16.0 Å². The molecular weight excluding hydrogens is 648 g/mol. The van der Waals surface area contributed by atoms with Crippen molar-refractivity contribution in [1.29, 1.82) is 0 Å². The number of anilines is 1. The van der Waals surface area contributed by atoms with E-state index in [1.165, 1.54) is 16.5 Å². The molecule has 2 aliphatic heterocycles. The molecule has 0 bridgehead atoms. The lowest BCUT2D eigenvalue weighted by molar-refractivity contribution is -0.137. The number of benzene rings is 2. The number of piperidine rings is 1. The van der Waals surface area contributed by atoms with Gasteiger partial charge in [0.05, 0.1) is 6.33 Å². The molecule has 0 saturated carbocycles. The smallest absolute Gasteiger partial charge is 0.289 e. The number of imidazole rings is 1. The van der Waals surface area contributed by atoms with Gasteiger partial charge in [0.15, 0.2) is 29.3 Å². The summed E-state index contributed by atoms with van der Waals surface area (Å²) < 4.78 is 7.35. The van der Waals surface area contributed by atoms with Gasteiger partial charge in [0, 0.05) is 31.6 Å². The molecule has 0 aliphatic carbocycles. The monoisotopic (exact) mass is 698 g/mol. The van der Waals surface area contributed by atoms with Crippen molar-refractivity contribution in [2.45, 2.75) is 83.0 Å². The van der Waals surface area contributed by atoms with E-state index in [2.05, 4.69) is 73.9 Å². The minimum atomic E-state index is -1.47. The van der Waals surface area contributed by atoms with Crippen molar-refractivity contribution >= 4 is 28.8 Å². The van der Waals surface area contributed by atoms with Gasteiger partial charge in [-0.3, -0.25) is 14.2 Å². The Labute approximate surface area is 298 Å². The lowest BCUT2D eigenvalue weighted by Crippen LogP contribution is -2.42. The predicted molar refractivity (Wildman–Crippen MR) is 194 cm³/mol. The number of ether oxygens (including phenoxy) is 1. The highest BCUT2D eigenvalue weighted by atomic mass is 16.6. The third kappa shape index (κ3) is 8.55. The fourth-order valence-electron chi connectivity index (χ4n) is 7.09. The van der Waals surface area contributed by atoms with Crippen LogP contribution in [0.3, 0.4) is 0 Å². The molecule has 4 heterocycles. The maximum absolute atomic E-state index is 13.6. The summed E-state index contributed by atoms with van der Waals surface area (Å²) in [6.45, 7) is 9.64. The second-order valence-electron chi connectivity index (χ2n) is 13.8. The van der Waals surface area contributed by atoms with Gasteiger partial charge in [-0.25, -0.2) is 15.0 Å². The van der Waals surface area contributed by atoms with Crippen LogP contribution in [0.5, 0.6) is 0 Å². The molecular formula is C38H50N8O5. The first-order chi connectivity index (χ1) is 24.7. The molecule has 6 rings (SSSR count). The Morgan fingerprint density at radius 1 is 0.961 bits per heavy atom. The maximum atomic E-state index is 13.6. The van der Waals surface area contributed by atoms with E-state index in [4.69, 9.17) is 4.74 Å². The SMILES string of the molecule is CCNC(=O)[C@H]1O[C@@H](n2cnc3c(NCC(Cc4ccccc4)c4ccccc4)nc(C(=O)NCCC4CCN(C(C)C)CC4)nc32)[C@H](O)[C@@H]1O. The zero-order valence-corrected chi connectivity index (χ0v) is 29.6. The van der Waals surface area contributed by atoms with Crippen LogP contribution in [-0.4, -0.2) is 104 Å². The second-order valence-corrected chi connectivity index (χ2v) is 13.8. The number of likely N-dealkylation sites (tertiary alicyclic amines) is 1. The van der Waals surface area contributed by atoms with Gasteiger partial charge in [0.2, 0.25) is 5.82 Å². The van der Waals surface area contributed by atoms with Gasteiger partial charge in [-0.15, -0.1) is 0 Å². The Kier molecular flexibility index (Phi) is 11.9. The summed E-state index contributed by atoms with van der Waals surface area (Å²) in [6.07, 6.45) is -0.135. The lowest BCUT2D eigenvalue weighted by atomic mass is 9.92. The van der Waals surface area contributed by atoms with E-state index in [9.17, 15) is 19.8 Å². The molecule has 5 atom stereocenters. The van der Waals surface area contributed by atoms with E-state index in [0.717, 1.165) is 44.3 Å². The average molecular weight is 699 g/mol. The number of nitrogens with one attached hydrogen (secondary N) is 3. The van der Waals surface area contributed by atoms with E-state index in [-0.39, 0.29) is 17.4 Å². The third-order valence-electron chi connectivity index (χ3n) is 10.1. The molecule has 2 aromatic heterocycles. The quantitative estimate of drug-likeness (QED) is 0.132. The largest absolute Gasteiger partial charge is 0.387 e. The molecule has 4 aromatic rings. The number of amides is 2. The van der Waals surface area contributed by atoms with E-state index in [0.29, 0.717) is 42.9 Å². The number of nitrogens with zero attached hydrogens (tertiary/aromatic N) is 5. The predicted octanol–water partition coefficient (Wildman–Crippen LogP) is 3.26. The number of hydrogen-bond acceptors (Lipinski definition) is 10. The van der Waals surface area contributed by atoms with Crippen molar-refractivity contribution in [3.8, 4) is 0 Å². The van der Waals surface area contributed by atoms with Crippen molar-refractivity contribution in [3.05, 3.63) is 83.9 Å². The van der Waals surface area contributed by atoms with Crippen LogP contribution in [0.1, 0.15) is 73.9 Å². The van der Waals surface area contributed by atoms with Crippen molar-refractivity contribution < 1.29 is 24.5 Å². The first kappa shape index (κ1) is 36.4. The normalized spacial score (nSPS) is 21.9. The van der Waals surface area contributed by atoms with E-state index >= 15 is 0 Å². The Morgan fingerprint density at radius 2 is 1.67 bits per heavy atom. The molecule has 0 spiro atoms. The van der Waals surface area contributed by atoms with Crippen LogP contribution in [0.25, 0.3) is 11.2 Å². The fraction of sp³-hybridized carbons (Fsp3) is 0.500. The van der Waals surface area contributed by atoms with Crippen LogP contribution in [0.2, 0.25) is 0 Å². The summed E-state index contributed by atoms with van der Waals surface area (Å²) >= 11 is 0. The molecule has 5 N–H and O–H groups in total. The summed E-state index contributed by atoms with van der Waals surface area (Å²) in [5.74, 6) is -0.0703. The molecule has 2 aliphatic rings. The van der Waals surface area contributed by atoms with Crippen LogP contribution in [-0.2, 0) is 16.0 Å². The van der Waals surface area contributed by atoms with Gasteiger partial charge in [0.1, 0.15) is 12.2 Å². The number of aliphatic hydroxyl groups is 2. The van der Waals surface area contributed by atoms with Crippen molar-refractivity contribution in [1.82, 2.24) is 35.1 Å². The Balaban J connectivity index is 1.26. The van der Waals surface area contributed by atoms with Gasteiger partial charge in [-0.1, -0.05) is 60.7 Å². The van der Waals surface area contributed by atoms with Crippen LogP contribution in [0, 0.1) is 5.92 Å². The first-order valence-electron chi connectivity index (χ1n) is 18.1. The average Bonchev–Trinajstić information content (AvgIpc) is 3.70. The Bertz CT molecular complexity index is 1750. The Hall–Kier alpha value is -4.43. The number of carbonyl (C=O) groups excluding carboxylic acids is 2. The molecule has 51 heavy (non-hydrogen) atoms. The van der Waals surface area contributed by atoms with Crippen molar-refractivity contribution in [2.75, 3.05) is 38.0 Å². The van der Waals surface area contributed by atoms with E-state index in [1.807, 2.05) is 36.4 Å². The van der Waals surface area contributed by atoms with Gasteiger partial charge < -0.3 is 35.8 Å². The summed E-state index contributed by atoms with van der Waals surface area (Å²) in [4.78, 5) is 42.6. The van der Waals surface area contributed by atoms with Crippen LogP contribution in [0.15, 0.2) is 67.0 Å². The molecule has 13 nitrogen and oxygen atoms in total. The minimum Gasteiger partial charge on any atom is -0.387 e. The minimum absolute atomic E-state index is 0.0611. The number of fused-ring (bicyclic) bond motifs is 1. The number of aliphatic hydroxyl groups excluding tert-OH is 2. The summed E-state index contributed by atoms with van der Waals surface area (Å²) in [7, 11) is 0. The highest BCUT2D eigenvalue weighted by Crippen LogP contribution is 2.33. The number of hydrogen-bond donors (Lipinski definition) is 5. The number of rotatable bonds is 14. The lowest BCUT2D eigenvalue weighted by Gasteiger charge is -2.34. The standard InChI is InChI=1S/C38H50N8O5/c1-4-39-36(49)32-30(47)31(48)38(51-32)46-23-42-29-33(41-22-28(27-13-9-6-10-14-27)21-26-11-7-5-8-12-26)43-34(44-35(29)46)37(50)40-18-15-25-16-19-45(20-17-25)24(2)3/h5-14,23-25,28,30-32,38,47-48H,4,15-22H2,1-3H3,(H,39,49)(H,40,50)(H,41,43,44)/t28?,30-,31+,32-,38+/m0/s1. The fourth-order valence-corrected chi connectivity index (χ4v) is 7.09. The molecule has 0 radical (unpaired) electrons. The zero-order chi connectivity index (χ0) is 35.9. The highest BCUT2D eigenvalue weighted by molar-refractivity contribution is 5.94. The maximum Gasteiger partial charge on any atom is 0.289 e. The molecule has 272 valence electrons. The van der Waals surface area contributed by atoms with Crippen molar-refractivity contribution in [3.63, 3.8) is 0 Å². The number of likely N-dealkylation sites (N-methyl/N-ethyl adjacent to an activating group) is 1. The Morgan fingerprint density at radius 3 is 2.35 bits per heavy atom. The molecule has 2 fully saturated rings. The van der Waals surface area contributed by atoms with Crippen LogP contribution in [0.4, 0.5) is 5.82 Å². The highest BCUT2D eigenvalue weighted by Gasteiger charge is 2.47. The second kappa shape index (κ2) is 16.7. The topological polar surface area (TPSA) is 167 Å². The summed E-state index contributed by atoms with van der Waals surface area (Å²) in [5.41, 5.74) is 2.93. The van der Waals surface area contributed by atoms with Crippen LogP contribution >= 0.6 is 0 Å². The number of aromatic nitrogens is 4. The van der Waals surface area contributed by atoms with Gasteiger partial charge >= 0.3 is 0 Å². The molecule has 2 amide bonds. The van der Waals surface area contributed by atoms with E-state index < -0.39 is 36.4 Å².